The van der Waals surface area contributed by atoms with Gasteiger partial charge in [-0.2, -0.15) is 0 Å². The number of allylic oxidation sites excluding steroid dienone is 5. The van der Waals surface area contributed by atoms with Gasteiger partial charge in [-0.3, -0.25) is 0 Å². The first-order valence-corrected chi connectivity index (χ1v) is 21.7. The summed E-state index contributed by atoms with van der Waals surface area (Å²) in [5.74, 6) is 0.805. The van der Waals surface area contributed by atoms with Crippen molar-refractivity contribution in [2.45, 2.75) is 52.4 Å². The summed E-state index contributed by atoms with van der Waals surface area (Å²) in [7, 11) is 1.66. The van der Waals surface area contributed by atoms with E-state index in [1.165, 1.54) is 11.1 Å². The highest BCUT2D eigenvalue weighted by Crippen LogP contribution is 2.31. The molecule has 3 N–H and O–H groups in total. The third kappa shape index (κ3) is 7.83. The van der Waals surface area contributed by atoms with Crippen molar-refractivity contribution < 1.29 is 9.15 Å². The van der Waals surface area contributed by atoms with Crippen molar-refractivity contribution in [1.29, 1.82) is 0 Å². The lowest BCUT2D eigenvalue weighted by Crippen LogP contribution is -2.18. The lowest BCUT2D eigenvalue weighted by atomic mass is 9.86. The second-order valence-electron chi connectivity index (χ2n) is 18.4. The number of rotatable bonds is 7. The third-order valence-corrected chi connectivity index (χ3v) is 12.0. The molecule has 0 aliphatic carbocycles. The van der Waals surface area contributed by atoms with Gasteiger partial charge in [0.25, 0.3) is 0 Å². The van der Waals surface area contributed by atoms with Gasteiger partial charge in [-0.05, 0) is 136 Å². The lowest BCUT2D eigenvalue weighted by Gasteiger charge is -2.19. The van der Waals surface area contributed by atoms with Crippen molar-refractivity contribution in [2.24, 2.45) is 15.0 Å². The Morgan fingerprint density at radius 1 is 0.438 bits per heavy atom. The minimum Gasteiger partial charge on any atom is -0.497 e. The quantitative estimate of drug-likeness (QED) is 0.140. The van der Waals surface area contributed by atoms with Crippen LogP contribution in [0.4, 0.5) is 11.4 Å². The molecular formula is C56H50N6O2. The SMILES string of the molecule is COc1ccc(NNc2ccc(C3=c4ccc([nH]4)=C4C=CC(=N4)C(c4ccc(C(C)(C)C)cc4)=c4ccc(o4)=C(c4ccc(C(C)(C)C)cc4)C4=NC(=C5C=CC3=N5)C=C4)cc2)cc1. The molecule has 4 aromatic carbocycles. The first kappa shape index (κ1) is 40.4. The highest BCUT2D eigenvalue weighted by Gasteiger charge is 2.23. The van der Waals surface area contributed by atoms with Crippen molar-refractivity contribution in [2.75, 3.05) is 18.0 Å². The van der Waals surface area contributed by atoms with E-state index in [4.69, 9.17) is 24.1 Å². The number of methoxy groups -OCH3 is 1. The minimum absolute atomic E-state index is 0.00868. The zero-order chi connectivity index (χ0) is 44.2. The highest BCUT2D eigenvalue weighted by atomic mass is 16.5. The number of aromatic nitrogens is 1. The molecule has 0 atom stereocenters. The number of nitrogens with zero attached hydrogens (tertiary/aromatic N) is 3. The van der Waals surface area contributed by atoms with Gasteiger partial charge >= 0.3 is 0 Å². The van der Waals surface area contributed by atoms with E-state index in [0.29, 0.717) is 0 Å². The summed E-state index contributed by atoms with van der Waals surface area (Å²) in [6.07, 6.45) is 12.4. The van der Waals surface area contributed by atoms with Crippen LogP contribution in [-0.2, 0) is 10.8 Å². The Labute approximate surface area is 373 Å². The second-order valence-corrected chi connectivity index (χ2v) is 18.4. The Balaban J connectivity index is 1.16. The van der Waals surface area contributed by atoms with Crippen molar-refractivity contribution in [3.8, 4) is 5.75 Å². The molecule has 2 aromatic heterocycles. The first-order valence-electron chi connectivity index (χ1n) is 21.7. The van der Waals surface area contributed by atoms with Crippen LogP contribution in [0.1, 0.15) is 69.4 Å². The normalized spacial score (nSPS) is 15.6. The Bertz CT molecular complexity index is 3320. The number of H-pyrrole nitrogens is 1. The summed E-state index contributed by atoms with van der Waals surface area (Å²) < 4.78 is 12.3. The molecule has 4 aliphatic rings. The Morgan fingerprint density at radius 3 is 1.33 bits per heavy atom. The maximum Gasteiger partial charge on any atom is 0.137 e. The van der Waals surface area contributed by atoms with Gasteiger partial charge in [0.05, 0.1) is 69.2 Å². The summed E-state index contributed by atoms with van der Waals surface area (Å²) >= 11 is 0. The number of hydrogen-bond acceptors (Lipinski definition) is 7. The van der Waals surface area contributed by atoms with Gasteiger partial charge in [0.15, 0.2) is 0 Å². The van der Waals surface area contributed by atoms with Crippen LogP contribution in [0.25, 0.3) is 22.4 Å². The van der Waals surface area contributed by atoms with Crippen LogP contribution in [0.3, 0.4) is 0 Å². The predicted octanol–water partition coefficient (Wildman–Crippen LogP) is 9.31. The number of furan rings is 1. The van der Waals surface area contributed by atoms with E-state index in [9.17, 15) is 0 Å². The Hall–Kier alpha value is -7.71. The molecule has 4 aliphatic heterocycles. The average molecular weight is 839 g/mol. The first-order chi connectivity index (χ1) is 30.9. The molecule has 0 unspecified atom stereocenters. The Morgan fingerprint density at radius 2 is 0.844 bits per heavy atom. The van der Waals surface area contributed by atoms with E-state index in [2.05, 4.69) is 185 Å². The molecule has 64 heavy (non-hydrogen) atoms. The third-order valence-electron chi connectivity index (χ3n) is 12.0. The number of aromatic amines is 1. The molecule has 6 aromatic rings. The van der Waals surface area contributed by atoms with E-state index in [1.807, 2.05) is 30.3 Å². The zero-order valence-corrected chi connectivity index (χ0v) is 37.2. The second kappa shape index (κ2) is 15.9. The van der Waals surface area contributed by atoms with Crippen LogP contribution in [0, 0.1) is 0 Å². The maximum absolute atomic E-state index is 6.97. The monoisotopic (exact) mass is 838 g/mol. The van der Waals surface area contributed by atoms with E-state index < -0.39 is 0 Å². The maximum atomic E-state index is 6.97. The number of anilines is 2. The van der Waals surface area contributed by atoms with E-state index in [1.54, 1.807) is 7.11 Å². The molecule has 8 nitrogen and oxygen atoms in total. The van der Waals surface area contributed by atoms with Gasteiger partial charge in [0.2, 0.25) is 0 Å². The molecule has 10 bridgehead atoms. The number of nitrogens with one attached hydrogen (secondary N) is 3. The topological polar surface area (TPSA) is 99.3 Å². The zero-order valence-electron chi connectivity index (χ0n) is 37.2. The van der Waals surface area contributed by atoms with Crippen LogP contribution in [0.15, 0.2) is 189 Å². The summed E-state index contributed by atoms with van der Waals surface area (Å²) in [5.41, 5.74) is 23.1. The molecule has 0 radical (unpaired) electrons. The summed E-state index contributed by atoms with van der Waals surface area (Å²) in [4.78, 5) is 19.5. The van der Waals surface area contributed by atoms with Crippen LogP contribution in [-0.4, -0.2) is 29.2 Å². The number of aliphatic imine (C=N–C) groups is 3. The van der Waals surface area contributed by atoms with Crippen molar-refractivity contribution in [3.05, 3.63) is 219 Å². The largest absolute Gasteiger partial charge is 0.497 e. The number of hydrogen-bond donors (Lipinski definition) is 3. The molecule has 0 fully saturated rings. The fourth-order valence-electron chi connectivity index (χ4n) is 8.32. The van der Waals surface area contributed by atoms with E-state index in [-0.39, 0.29) is 10.8 Å². The molecule has 8 heteroatoms. The average Bonchev–Trinajstić information content (AvgIpc) is 4.16. The molecule has 316 valence electrons. The molecule has 0 saturated heterocycles. The molecule has 0 amide bonds. The molecule has 6 heterocycles. The fraction of sp³-hybridized carbons (Fsp3) is 0.161. The molecular weight excluding hydrogens is 789 g/mol. The predicted molar refractivity (Wildman–Crippen MR) is 263 cm³/mol. The highest BCUT2D eigenvalue weighted by molar-refractivity contribution is 6.32. The number of benzene rings is 4. The van der Waals surface area contributed by atoms with Gasteiger partial charge in [0, 0.05) is 10.9 Å². The molecule has 0 saturated carbocycles. The molecule has 10 rings (SSSR count). The summed E-state index contributed by atoms with van der Waals surface area (Å²) in [5, 5.41) is 1.82. The van der Waals surface area contributed by atoms with Crippen LogP contribution in [0.5, 0.6) is 5.75 Å². The van der Waals surface area contributed by atoms with Crippen molar-refractivity contribution in [3.63, 3.8) is 0 Å². The standard InChI is InChI=1S/C56H50N6O2/c1-55(2,3)37-14-8-35(9-15-37)53-48-30-26-44(59-48)42-24-28-46(57-42)52(34-12-18-39(19-13-34)61-62-40-20-22-41(63-7)23-21-40)47-29-25-43(58-47)45-27-31-49(60-45)54(51-33-32-50(53)64-51)36-10-16-38(17-11-36)56(4,5)6/h8-33,57,61-62H,1-7H3. The number of ether oxygens (including phenoxy) is 1. The summed E-state index contributed by atoms with van der Waals surface area (Å²) in [6, 6.07) is 42.0. The van der Waals surface area contributed by atoms with Crippen LogP contribution in [0.2, 0.25) is 0 Å². The van der Waals surface area contributed by atoms with Gasteiger partial charge in [0.1, 0.15) is 16.6 Å². The fourth-order valence-corrected chi connectivity index (χ4v) is 8.32. The van der Waals surface area contributed by atoms with Gasteiger partial charge < -0.3 is 25.0 Å². The summed E-state index contributed by atoms with van der Waals surface area (Å²) in [6.45, 7) is 13.4. The van der Waals surface area contributed by atoms with Crippen molar-refractivity contribution >= 4 is 50.9 Å². The minimum atomic E-state index is 0.00868. The lowest BCUT2D eigenvalue weighted by molar-refractivity contribution is 0.415. The van der Waals surface area contributed by atoms with Gasteiger partial charge in [-0.15, -0.1) is 0 Å². The van der Waals surface area contributed by atoms with Crippen LogP contribution < -0.4 is 37.1 Å². The van der Waals surface area contributed by atoms with Crippen LogP contribution >= 0.6 is 0 Å². The Kier molecular flexibility index (Phi) is 10.0. The van der Waals surface area contributed by atoms with Gasteiger partial charge in [-0.25, -0.2) is 15.0 Å². The number of fused-ring (bicyclic) bond motifs is 7. The van der Waals surface area contributed by atoms with E-state index in [0.717, 1.165) is 106 Å². The van der Waals surface area contributed by atoms with Crippen molar-refractivity contribution in [1.82, 2.24) is 4.98 Å². The number of hydrazine groups is 1. The van der Waals surface area contributed by atoms with Gasteiger partial charge in [-0.1, -0.05) is 102 Å². The molecule has 0 spiro atoms. The van der Waals surface area contributed by atoms with E-state index >= 15 is 0 Å². The smallest absolute Gasteiger partial charge is 0.137 e.